The third-order valence-electron chi connectivity index (χ3n) is 12.9. The normalized spacial score (nSPS) is 12.7. The fraction of sp³-hybridized carbons (Fsp3) is 0.254. The van der Waals surface area contributed by atoms with Crippen molar-refractivity contribution in [2.75, 3.05) is 19.0 Å². The Kier molecular flexibility index (Phi) is 16.6. The smallest absolute Gasteiger partial charge is 0.261 e. The van der Waals surface area contributed by atoms with Gasteiger partial charge in [0, 0.05) is 0 Å². The van der Waals surface area contributed by atoms with Crippen LogP contribution in [0.1, 0.15) is 73.4 Å². The van der Waals surface area contributed by atoms with Gasteiger partial charge in [0.05, 0.1) is 31.0 Å². The van der Waals surface area contributed by atoms with E-state index in [2.05, 4.69) is 165 Å². The van der Waals surface area contributed by atoms with Gasteiger partial charge in [0.25, 0.3) is 8.32 Å². The molecule has 68 heavy (non-hydrogen) atoms. The zero-order valence-electron chi connectivity index (χ0n) is 40.1. The first-order valence-corrected chi connectivity index (χ1v) is 25.6. The van der Waals surface area contributed by atoms with Crippen molar-refractivity contribution in [3.8, 4) is 5.75 Å². The van der Waals surface area contributed by atoms with Crippen LogP contribution in [0, 0.1) is 6.92 Å². The first-order chi connectivity index (χ1) is 32.9. The number of hydrogen-bond donors (Lipinski definition) is 4. The molecule has 8 nitrogen and oxygen atoms in total. The fourth-order valence-electron chi connectivity index (χ4n) is 9.35. The molecule has 350 valence electrons. The van der Waals surface area contributed by atoms with E-state index >= 15 is 0 Å². The summed E-state index contributed by atoms with van der Waals surface area (Å²) >= 11 is 0. The molecule has 0 aliphatic heterocycles. The minimum absolute atomic E-state index is 0.194. The predicted octanol–water partition coefficient (Wildman–Crippen LogP) is 9.83. The number of anilines is 1. The average Bonchev–Trinajstić information content (AvgIpc) is 3.36. The van der Waals surface area contributed by atoms with E-state index in [1.165, 1.54) is 15.9 Å². The second kappa shape index (κ2) is 22.9. The third kappa shape index (κ3) is 11.5. The molecule has 0 spiro atoms. The Morgan fingerprint density at radius 1 is 0.618 bits per heavy atom. The number of hydrogen-bond acceptors (Lipinski definition) is 6. The highest BCUT2D eigenvalue weighted by molar-refractivity contribution is 6.99. The van der Waals surface area contributed by atoms with Crippen LogP contribution in [0.2, 0.25) is 5.04 Å². The van der Waals surface area contributed by atoms with Crippen molar-refractivity contribution in [1.82, 2.24) is 10.6 Å². The molecule has 7 aromatic rings. The number of amides is 2. The van der Waals surface area contributed by atoms with Crippen molar-refractivity contribution in [3.05, 3.63) is 228 Å². The van der Waals surface area contributed by atoms with Crippen LogP contribution in [0.25, 0.3) is 0 Å². The van der Waals surface area contributed by atoms with Crippen LogP contribution in [-0.2, 0) is 32.6 Å². The number of aryl methyl sites for hydroxylation is 1. The molecular formula is C59H66N4O4Si. The van der Waals surface area contributed by atoms with Crippen LogP contribution in [-0.4, -0.2) is 45.9 Å². The summed E-state index contributed by atoms with van der Waals surface area (Å²) in [5.41, 5.74) is 12.8. The van der Waals surface area contributed by atoms with Crippen molar-refractivity contribution in [1.29, 1.82) is 0 Å². The zero-order chi connectivity index (χ0) is 48.0. The third-order valence-corrected chi connectivity index (χ3v) is 17.9. The number of ether oxygens (including phenoxy) is 1. The van der Waals surface area contributed by atoms with Gasteiger partial charge >= 0.3 is 0 Å². The minimum Gasteiger partial charge on any atom is -0.495 e. The molecule has 0 heterocycles. The Bertz CT molecular complexity index is 2580. The van der Waals surface area contributed by atoms with Crippen molar-refractivity contribution in [2.45, 2.75) is 82.6 Å². The quantitative estimate of drug-likeness (QED) is 0.0325. The molecule has 5 N–H and O–H groups in total. The fourth-order valence-corrected chi connectivity index (χ4v) is 13.9. The molecule has 0 aromatic heterocycles. The molecular weight excluding hydrogens is 857 g/mol. The lowest BCUT2D eigenvalue weighted by Gasteiger charge is -2.43. The largest absolute Gasteiger partial charge is 0.495 e. The van der Waals surface area contributed by atoms with E-state index in [0.717, 1.165) is 34.2 Å². The molecule has 2 amide bonds. The van der Waals surface area contributed by atoms with E-state index in [-0.39, 0.29) is 16.9 Å². The van der Waals surface area contributed by atoms with Gasteiger partial charge < -0.3 is 25.5 Å². The van der Waals surface area contributed by atoms with Crippen LogP contribution in [0.3, 0.4) is 0 Å². The lowest BCUT2D eigenvalue weighted by atomic mass is 9.76. The number of rotatable bonds is 21. The van der Waals surface area contributed by atoms with E-state index in [1.807, 2.05) is 72.8 Å². The standard InChI is InChI=1S/C59H66N4O4Si/c1-44-34-37-49(38-35-44)59(47-25-13-7-14-26-47,48-27-15-8-16-28-48)61-40-22-21-33-54(63-56(64)52(60)41-45-23-11-6-12-24-45)57(65)62-53-39-36-46(42-55(53)66-5)43-67-68(58(2,3)4,50-29-17-9-18-30-50)51-31-19-10-20-32-51/h6-20,23-32,34-39,42,52,54,61H,21-22,33,40-41,43,60H2,1-5H3,(H,62,65)(H,63,64)/t52-,54-/m0/s1. The van der Waals surface area contributed by atoms with Gasteiger partial charge in [-0.2, -0.15) is 0 Å². The first kappa shape index (κ1) is 49.3. The molecule has 0 saturated carbocycles. The highest BCUT2D eigenvalue weighted by atomic mass is 28.4. The van der Waals surface area contributed by atoms with Crippen molar-refractivity contribution >= 4 is 36.2 Å². The van der Waals surface area contributed by atoms with Gasteiger partial charge in [-0.1, -0.05) is 208 Å². The molecule has 0 fully saturated rings. The summed E-state index contributed by atoms with van der Waals surface area (Å²) < 4.78 is 13.1. The van der Waals surface area contributed by atoms with Gasteiger partial charge in [-0.3, -0.25) is 14.9 Å². The number of unbranched alkanes of at least 4 members (excludes halogenated alkanes) is 1. The first-order valence-electron chi connectivity index (χ1n) is 23.7. The monoisotopic (exact) mass is 922 g/mol. The summed E-state index contributed by atoms with van der Waals surface area (Å²) in [6.45, 7) is 9.84. The van der Waals surface area contributed by atoms with Gasteiger partial charge in [-0.25, -0.2) is 0 Å². The Hall–Kier alpha value is -6.62. The molecule has 7 rings (SSSR count). The van der Waals surface area contributed by atoms with E-state index in [9.17, 15) is 9.59 Å². The van der Waals surface area contributed by atoms with Crippen LogP contribution in [0.4, 0.5) is 5.69 Å². The number of carbonyl (C=O) groups excluding carboxylic acids is 2. The van der Waals surface area contributed by atoms with Gasteiger partial charge in [0.15, 0.2) is 0 Å². The molecule has 0 radical (unpaired) electrons. The molecule has 0 unspecified atom stereocenters. The molecule has 9 heteroatoms. The summed E-state index contributed by atoms with van der Waals surface area (Å²) in [5, 5.41) is 12.3. The summed E-state index contributed by atoms with van der Waals surface area (Å²) in [7, 11) is -1.22. The van der Waals surface area contributed by atoms with Gasteiger partial charge in [0.2, 0.25) is 11.8 Å². The highest BCUT2D eigenvalue weighted by Crippen LogP contribution is 2.39. The summed E-state index contributed by atoms with van der Waals surface area (Å²) in [4.78, 5) is 28.2. The maximum Gasteiger partial charge on any atom is 0.261 e. The summed E-state index contributed by atoms with van der Waals surface area (Å²) in [6.07, 6.45) is 2.10. The highest BCUT2D eigenvalue weighted by Gasteiger charge is 2.50. The van der Waals surface area contributed by atoms with Crippen molar-refractivity contribution in [3.63, 3.8) is 0 Å². The maximum atomic E-state index is 14.4. The van der Waals surface area contributed by atoms with Crippen LogP contribution in [0.5, 0.6) is 5.75 Å². The SMILES string of the molecule is COc1cc(CO[Si](c2ccccc2)(c2ccccc2)C(C)(C)C)ccc1NC(=O)[C@H](CCCCNC(c1ccccc1)(c1ccccc1)c1ccc(C)cc1)NC(=O)[C@@H](N)Cc1ccccc1. The van der Waals surface area contributed by atoms with Crippen molar-refractivity contribution in [2.24, 2.45) is 5.73 Å². The van der Waals surface area contributed by atoms with Gasteiger partial charge in [-0.05, 0) is 94.5 Å². The predicted molar refractivity (Wildman–Crippen MR) is 280 cm³/mol. The number of nitrogens with one attached hydrogen (secondary N) is 3. The van der Waals surface area contributed by atoms with Crippen molar-refractivity contribution < 1.29 is 18.8 Å². The second-order valence-corrected chi connectivity index (χ2v) is 22.9. The zero-order valence-corrected chi connectivity index (χ0v) is 41.1. The molecule has 7 aromatic carbocycles. The number of nitrogens with two attached hydrogens (primary N) is 1. The number of methoxy groups -OCH3 is 1. The minimum atomic E-state index is -2.81. The van der Waals surface area contributed by atoms with E-state index in [1.54, 1.807) is 7.11 Å². The molecule has 0 aliphatic carbocycles. The molecule has 0 aliphatic rings. The van der Waals surface area contributed by atoms with Crippen LogP contribution in [0.15, 0.2) is 194 Å². The molecule has 2 atom stereocenters. The Labute approximate surface area is 404 Å². The van der Waals surface area contributed by atoms with Gasteiger partial charge in [0.1, 0.15) is 11.8 Å². The molecule has 0 saturated heterocycles. The Morgan fingerprint density at radius 3 is 1.66 bits per heavy atom. The van der Waals surface area contributed by atoms with E-state index in [4.69, 9.17) is 14.9 Å². The van der Waals surface area contributed by atoms with Crippen LogP contribution >= 0.6 is 0 Å². The molecule has 0 bridgehead atoms. The topological polar surface area (TPSA) is 115 Å². The Morgan fingerprint density at radius 2 is 1.13 bits per heavy atom. The van der Waals surface area contributed by atoms with Crippen LogP contribution < -0.4 is 36.8 Å². The van der Waals surface area contributed by atoms with Gasteiger partial charge in [-0.15, -0.1) is 0 Å². The average molecular weight is 923 g/mol. The summed E-state index contributed by atoms with van der Waals surface area (Å²) in [6, 6.07) is 64.5. The maximum absolute atomic E-state index is 14.4. The van der Waals surface area contributed by atoms with E-state index < -0.39 is 25.9 Å². The van der Waals surface area contributed by atoms with E-state index in [0.29, 0.717) is 43.9 Å². The lowest BCUT2D eigenvalue weighted by Crippen LogP contribution is -2.66. The Balaban J connectivity index is 1.10. The lowest BCUT2D eigenvalue weighted by molar-refractivity contribution is -0.127. The summed E-state index contributed by atoms with van der Waals surface area (Å²) in [5.74, 6) is -0.247. The number of carbonyl (C=O) groups is 2. The number of benzene rings is 7. The second-order valence-electron chi connectivity index (χ2n) is 18.6.